The van der Waals surface area contributed by atoms with Crippen LogP contribution in [0.1, 0.15) is 32.6 Å². The average molecular weight is 539 g/mol. The van der Waals surface area contributed by atoms with Crippen LogP contribution in [-0.2, 0) is 47.5 Å². The van der Waals surface area contributed by atoms with Crippen molar-refractivity contribution in [3.8, 4) is 0 Å². The molecular formula is C25H50N2O10. The van der Waals surface area contributed by atoms with Crippen molar-refractivity contribution in [3.05, 3.63) is 0 Å². The molecule has 0 aliphatic rings. The van der Waals surface area contributed by atoms with Gasteiger partial charge in [-0.05, 0) is 19.8 Å². The summed E-state index contributed by atoms with van der Waals surface area (Å²) in [4.78, 5) is 21.8. The van der Waals surface area contributed by atoms with Crippen LogP contribution in [0.4, 0.5) is 0 Å². The minimum atomic E-state index is 0.0215. The number of hydrogen-bond donors (Lipinski definition) is 2. The Morgan fingerprint density at radius 1 is 0.541 bits per heavy atom. The van der Waals surface area contributed by atoms with Crippen molar-refractivity contribution in [2.24, 2.45) is 0 Å². The molecule has 37 heavy (non-hydrogen) atoms. The molecule has 0 heterocycles. The van der Waals surface area contributed by atoms with Gasteiger partial charge in [-0.25, -0.2) is 0 Å². The van der Waals surface area contributed by atoms with Gasteiger partial charge in [0.05, 0.1) is 99.1 Å². The number of carbonyl (C=O) groups excluding carboxylic acids is 2. The molecule has 2 N–H and O–H groups in total. The first kappa shape index (κ1) is 35.6. The molecule has 0 bridgehead atoms. The molecule has 0 aromatic rings. The zero-order valence-corrected chi connectivity index (χ0v) is 22.7. The van der Waals surface area contributed by atoms with Gasteiger partial charge in [-0.2, -0.15) is 0 Å². The maximum Gasteiger partial charge on any atom is 0.220 e. The van der Waals surface area contributed by atoms with E-state index in [1.807, 2.05) is 6.92 Å². The molecule has 0 aromatic carbocycles. The molecule has 0 aliphatic carbocycles. The lowest BCUT2D eigenvalue weighted by Crippen LogP contribution is -2.27. The summed E-state index contributed by atoms with van der Waals surface area (Å²) < 4.78 is 43.1. The molecule has 0 aliphatic heterocycles. The summed E-state index contributed by atoms with van der Waals surface area (Å²) in [5, 5.41) is 5.42. The fraction of sp³-hybridized carbons (Fsp3) is 0.920. The Kier molecular flexibility index (Phi) is 31.4. The number of amides is 2. The number of nitrogens with one attached hydrogen (secondary N) is 2. The quantitative estimate of drug-likeness (QED) is 0.0925. The van der Waals surface area contributed by atoms with E-state index in [1.54, 1.807) is 0 Å². The van der Waals surface area contributed by atoms with Gasteiger partial charge >= 0.3 is 0 Å². The van der Waals surface area contributed by atoms with Crippen molar-refractivity contribution in [1.82, 2.24) is 10.6 Å². The smallest absolute Gasteiger partial charge is 0.220 e. The second kappa shape index (κ2) is 32.6. The predicted molar refractivity (Wildman–Crippen MR) is 138 cm³/mol. The van der Waals surface area contributed by atoms with Gasteiger partial charge in [0.2, 0.25) is 12.3 Å². The van der Waals surface area contributed by atoms with E-state index < -0.39 is 0 Å². The Morgan fingerprint density at radius 2 is 0.946 bits per heavy atom. The third-order valence-electron chi connectivity index (χ3n) is 4.69. The number of hydrogen-bond acceptors (Lipinski definition) is 10. The fourth-order valence-corrected chi connectivity index (χ4v) is 2.78. The first-order valence-electron chi connectivity index (χ1n) is 13.4. The summed E-state index contributed by atoms with van der Waals surface area (Å²) in [6, 6.07) is 0. The van der Waals surface area contributed by atoms with E-state index in [1.165, 1.54) is 0 Å². The van der Waals surface area contributed by atoms with Crippen LogP contribution < -0.4 is 10.6 Å². The van der Waals surface area contributed by atoms with Crippen LogP contribution in [0.2, 0.25) is 0 Å². The Morgan fingerprint density at radius 3 is 1.35 bits per heavy atom. The Hall–Kier alpha value is -1.38. The Labute approximate surface area is 222 Å². The van der Waals surface area contributed by atoms with Crippen LogP contribution in [0.3, 0.4) is 0 Å². The van der Waals surface area contributed by atoms with Gasteiger partial charge in [0.1, 0.15) is 0 Å². The van der Waals surface area contributed by atoms with Crippen molar-refractivity contribution in [2.45, 2.75) is 32.6 Å². The van der Waals surface area contributed by atoms with Crippen LogP contribution >= 0.6 is 0 Å². The molecule has 0 fully saturated rings. The van der Waals surface area contributed by atoms with Gasteiger partial charge in [-0.1, -0.05) is 6.42 Å². The zero-order chi connectivity index (χ0) is 26.9. The zero-order valence-electron chi connectivity index (χ0n) is 22.7. The molecule has 220 valence electrons. The van der Waals surface area contributed by atoms with E-state index in [0.29, 0.717) is 132 Å². The molecule has 0 rings (SSSR count). The third kappa shape index (κ3) is 32.6. The average Bonchev–Trinajstić information content (AvgIpc) is 2.90. The molecule has 0 aromatic heterocycles. The second-order valence-electron chi connectivity index (χ2n) is 7.72. The van der Waals surface area contributed by atoms with Crippen LogP contribution in [-0.4, -0.2) is 131 Å². The molecule has 0 spiro atoms. The van der Waals surface area contributed by atoms with Gasteiger partial charge in [0, 0.05) is 26.1 Å². The van der Waals surface area contributed by atoms with E-state index in [0.717, 1.165) is 19.3 Å². The first-order chi connectivity index (χ1) is 18.3. The number of ether oxygens (including phenoxy) is 8. The normalized spacial score (nSPS) is 11.1. The lowest BCUT2D eigenvalue weighted by Gasteiger charge is -2.09. The Bertz CT molecular complexity index is 475. The van der Waals surface area contributed by atoms with E-state index >= 15 is 0 Å². The molecular weight excluding hydrogens is 488 g/mol. The highest BCUT2D eigenvalue weighted by molar-refractivity contribution is 5.75. The second-order valence-corrected chi connectivity index (χ2v) is 7.72. The SMILES string of the molecule is CCOCCOCCOCCOCCOCCOCCOCCOCCNC(=O)CCCCCNC=O. The van der Waals surface area contributed by atoms with E-state index in [9.17, 15) is 9.59 Å². The molecule has 0 saturated carbocycles. The minimum absolute atomic E-state index is 0.0215. The maximum absolute atomic E-state index is 11.7. The van der Waals surface area contributed by atoms with Crippen LogP contribution in [0.15, 0.2) is 0 Å². The summed E-state index contributed by atoms with van der Waals surface area (Å²) in [5.74, 6) is 0.0215. The van der Waals surface area contributed by atoms with Crippen molar-refractivity contribution in [3.63, 3.8) is 0 Å². The monoisotopic (exact) mass is 538 g/mol. The molecule has 0 unspecified atom stereocenters. The lowest BCUT2D eigenvalue weighted by molar-refractivity contribution is -0.121. The number of rotatable bonds is 32. The highest BCUT2D eigenvalue weighted by Crippen LogP contribution is 1.98. The van der Waals surface area contributed by atoms with Crippen LogP contribution in [0, 0.1) is 0 Å². The van der Waals surface area contributed by atoms with Crippen LogP contribution in [0.5, 0.6) is 0 Å². The lowest BCUT2D eigenvalue weighted by atomic mass is 10.2. The van der Waals surface area contributed by atoms with Gasteiger partial charge in [-0.3, -0.25) is 9.59 Å². The van der Waals surface area contributed by atoms with Crippen molar-refractivity contribution >= 4 is 12.3 Å². The van der Waals surface area contributed by atoms with E-state index in [4.69, 9.17) is 37.9 Å². The molecule has 0 radical (unpaired) electrons. The summed E-state index contributed by atoms with van der Waals surface area (Å²) in [6.07, 6.45) is 3.79. The van der Waals surface area contributed by atoms with Crippen molar-refractivity contribution in [2.75, 3.05) is 119 Å². The standard InChI is InChI=1S/C25H50N2O10/c1-2-30-10-11-32-14-15-34-18-19-36-22-23-37-21-20-35-17-16-33-13-12-31-9-8-27-25(29)6-4-3-5-7-26-24-28/h24H,2-23H2,1H3,(H,26,28)(H,27,29). The molecule has 12 heteroatoms. The largest absolute Gasteiger partial charge is 0.379 e. The van der Waals surface area contributed by atoms with E-state index in [2.05, 4.69) is 10.6 Å². The Balaban J connectivity index is 3.09. The fourth-order valence-electron chi connectivity index (χ4n) is 2.78. The van der Waals surface area contributed by atoms with Gasteiger partial charge < -0.3 is 48.5 Å². The number of carbonyl (C=O) groups is 2. The van der Waals surface area contributed by atoms with Gasteiger partial charge in [-0.15, -0.1) is 0 Å². The highest BCUT2D eigenvalue weighted by atomic mass is 16.6. The predicted octanol–water partition coefficient (Wildman–Crippen LogP) is 0.562. The first-order valence-corrected chi connectivity index (χ1v) is 13.4. The molecule has 2 amide bonds. The summed E-state index contributed by atoms with van der Waals surface area (Å²) >= 11 is 0. The van der Waals surface area contributed by atoms with Crippen molar-refractivity contribution < 1.29 is 47.5 Å². The summed E-state index contributed by atoms with van der Waals surface area (Å²) in [7, 11) is 0. The topological polar surface area (TPSA) is 132 Å². The molecule has 0 atom stereocenters. The summed E-state index contributed by atoms with van der Waals surface area (Å²) in [6.45, 7) is 11.6. The van der Waals surface area contributed by atoms with Gasteiger partial charge in [0.25, 0.3) is 0 Å². The minimum Gasteiger partial charge on any atom is -0.379 e. The third-order valence-corrected chi connectivity index (χ3v) is 4.69. The van der Waals surface area contributed by atoms with Gasteiger partial charge in [0.15, 0.2) is 0 Å². The van der Waals surface area contributed by atoms with E-state index in [-0.39, 0.29) is 5.91 Å². The number of unbranched alkanes of at least 4 members (excludes halogenated alkanes) is 2. The van der Waals surface area contributed by atoms with Crippen LogP contribution in [0.25, 0.3) is 0 Å². The molecule has 12 nitrogen and oxygen atoms in total. The maximum atomic E-state index is 11.7. The molecule has 0 saturated heterocycles. The van der Waals surface area contributed by atoms with Crippen molar-refractivity contribution in [1.29, 1.82) is 0 Å². The summed E-state index contributed by atoms with van der Waals surface area (Å²) in [5.41, 5.74) is 0. The highest BCUT2D eigenvalue weighted by Gasteiger charge is 2.00.